The van der Waals surface area contributed by atoms with Crippen LogP contribution in [0.4, 0.5) is 5.69 Å². The van der Waals surface area contributed by atoms with E-state index in [9.17, 15) is 14.4 Å². The molecular weight excluding hydrogens is 386 g/mol. The van der Waals surface area contributed by atoms with Gasteiger partial charge in [0.2, 0.25) is 5.91 Å². The number of furan rings is 2. The highest BCUT2D eigenvalue weighted by atomic mass is 16.3. The zero-order valence-corrected chi connectivity index (χ0v) is 16.2. The van der Waals surface area contributed by atoms with Crippen molar-refractivity contribution in [2.75, 3.05) is 11.9 Å². The number of carbonyl (C=O) groups is 3. The first-order valence-corrected chi connectivity index (χ1v) is 9.68. The fourth-order valence-corrected chi connectivity index (χ4v) is 3.44. The first-order chi connectivity index (χ1) is 14.6. The van der Waals surface area contributed by atoms with E-state index in [1.807, 2.05) is 12.1 Å². The molecule has 1 aliphatic rings. The van der Waals surface area contributed by atoms with Gasteiger partial charge in [0.15, 0.2) is 11.5 Å². The second-order valence-corrected chi connectivity index (χ2v) is 6.98. The Morgan fingerprint density at radius 2 is 1.67 bits per heavy atom. The molecule has 1 unspecified atom stereocenters. The van der Waals surface area contributed by atoms with Crippen LogP contribution in [0.2, 0.25) is 0 Å². The number of hydrogen-bond donors (Lipinski definition) is 2. The number of benzene rings is 1. The van der Waals surface area contributed by atoms with Crippen LogP contribution in [0.15, 0.2) is 69.9 Å². The van der Waals surface area contributed by atoms with E-state index in [-0.39, 0.29) is 29.2 Å². The molecule has 8 nitrogen and oxygen atoms in total. The summed E-state index contributed by atoms with van der Waals surface area (Å²) in [6.07, 6.45) is 4.28. The van der Waals surface area contributed by atoms with E-state index in [1.54, 1.807) is 41.3 Å². The fourth-order valence-electron chi connectivity index (χ4n) is 3.44. The number of hydrogen-bond acceptors (Lipinski definition) is 5. The first kappa shape index (κ1) is 19.5. The molecule has 0 aliphatic carbocycles. The van der Waals surface area contributed by atoms with Crippen LogP contribution < -0.4 is 10.6 Å². The third-order valence-corrected chi connectivity index (χ3v) is 4.97. The molecule has 2 N–H and O–H groups in total. The molecule has 3 heterocycles. The topological polar surface area (TPSA) is 105 Å². The number of likely N-dealkylation sites (tertiary alicyclic amines) is 1. The summed E-state index contributed by atoms with van der Waals surface area (Å²) in [4.78, 5) is 38.7. The lowest BCUT2D eigenvalue weighted by atomic mass is 10.1. The van der Waals surface area contributed by atoms with Gasteiger partial charge in [-0.3, -0.25) is 14.4 Å². The van der Waals surface area contributed by atoms with Crippen LogP contribution in [0.1, 0.15) is 39.5 Å². The van der Waals surface area contributed by atoms with Crippen molar-refractivity contribution in [1.82, 2.24) is 10.2 Å². The molecule has 0 spiro atoms. The number of carbonyl (C=O) groups excluding carboxylic acids is 3. The molecule has 0 bridgehead atoms. The number of anilines is 1. The first-order valence-electron chi connectivity index (χ1n) is 9.68. The minimum absolute atomic E-state index is 0.192. The number of nitrogens with one attached hydrogen (secondary N) is 2. The van der Waals surface area contributed by atoms with E-state index >= 15 is 0 Å². The molecule has 3 aromatic rings. The molecule has 30 heavy (non-hydrogen) atoms. The minimum atomic E-state index is -0.505. The lowest BCUT2D eigenvalue weighted by molar-refractivity contribution is -0.125. The predicted molar refractivity (Wildman–Crippen MR) is 108 cm³/mol. The van der Waals surface area contributed by atoms with Crippen LogP contribution in [-0.4, -0.2) is 35.2 Å². The number of nitrogens with zero attached hydrogens (tertiary/aromatic N) is 1. The van der Waals surface area contributed by atoms with Gasteiger partial charge in [0.05, 0.1) is 12.5 Å². The van der Waals surface area contributed by atoms with Gasteiger partial charge < -0.3 is 24.4 Å². The standard InChI is InChI=1S/C22H21N3O5/c26-20(17-4-1-11-25(17)22(28)19-6-3-13-30-19)23-14-15-7-9-16(10-8-15)24-21(27)18-5-2-12-29-18/h2-3,5-10,12-13,17H,1,4,11,14H2,(H,23,26)(H,24,27). The Morgan fingerprint density at radius 1 is 0.967 bits per heavy atom. The molecule has 1 aromatic carbocycles. The fraction of sp³-hybridized carbons (Fsp3) is 0.227. The molecule has 4 rings (SSSR count). The van der Waals surface area contributed by atoms with E-state index in [4.69, 9.17) is 8.83 Å². The molecule has 1 fully saturated rings. The molecule has 3 amide bonds. The molecule has 8 heteroatoms. The van der Waals surface area contributed by atoms with Crippen LogP contribution in [0.25, 0.3) is 0 Å². The third-order valence-electron chi connectivity index (χ3n) is 4.97. The van der Waals surface area contributed by atoms with Crippen molar-refractivity contribution in [3.05, 3.63) is 78.1 Å². The van der Waals surface area contributed by atoms with E-state index in [0.29, 0.717) is 25.2 Å². The summed E-state index contributed by atoms with van der Waals surface area (Å²) >= 11 is 0. The van der Waals surface area contributed by atoms with E-state index in [1.165, 1.54) is 12.5 Å². The monoisotopic (exact) mass is 407 g/mol. The summed E-state index contributed by atoms with van der Waals surface area (Å²) in [6, 6.07) is 13.1. The van der Waals surface area contributed by atoms with Gasteiger partial charge in [-0.1, -0.05) is 12.1 Å². The van der Waals surface area contributed by atoms with Gasteiger partial charge in [-0.25, -0.2) is 0 Å². The van der Waals surface area contributed by atoms with E-state index in [0.717, 1.165) is 12.0 Å². The van der Waals surface area contributed by atoms with Crippen molar-refractivity contribution in [3.8, 4) is 0 Å². The average molecular weight is 407 g/mol. The molecule has 1 atom stereocenters. The number of rotatable bonds is 6. The van der Waals surface area contributed by atoms with E-state index < -0.39 is 6.04 Å². The van der Waals surface area contributed by atoms with Gasteiger partial charge in [-0.2, -0.15) is 0 Å². The Kier molecular flexibility index (Phi) is 5.65. The maximum Gasteiger partial charge on any atom is 0.291 e. The smallest absolute Gasteiger partial charge is 0.291 e. The van der Waals surface area contributed by atoms with Gasteiger partial charge >= 0.3 is 0 Å². The van der Waals surface area contributed by atoms with Crippen molar-refractivity contribution < 1.29 is 23.2 Å². The maximum absolute atomic E-state index is 12.6. The SMILES string of the molecule is O=C(Nc1ccc(CNC(=O)C2CCCN2C(=O)c2ccco2)cc1)c1ccco1. The van der Waals surface area contributed by atoms with Crippen LogP contribution >= 0.6 is 0 Å². The van der Waals surface area contributed by atoms with Crippen LogP contribution in [0, 0.1) is 0 Å². The van der Waals surface area contributed by atoms with Gasteiger partial charge in [-0.15, -0.1) is 0 Å². The van der Waals surface area contributed by atoms with Gasteiger partial charge in [-0.05, 0) is 54.8 Å². The lowest BCUT2D eigenvalue weighted by Crippen LogP contribution is -2.45. The number of amides is 3. The second kappa shape index (κ2) is 8.69. The Bertz CT molecular complexity index is 1010. The summed E-state index contributed by atoms with van der Waals surface area (Å²) in [6.45, 7) is 0.853. The third kappa shape index (κ3) is 4.27. The highest BCUT2D eigenvalue weighted by Crippen LogP contribution is 2.21. The molecule has 0 saturated carbocycles. The minimum Gasteiger partial charge on any atom is -0.459 e. The molecular formula is C22H21N3O5. The highest BCUT2D eigenvalue weighted by Gasteiger charge is 2.35. The molecule has 0 radical (unpaired) electrons. The van der Waals surface area contributed by atoms with Crippen LogP contribution in [-0.2, 0) is 11.3 Å². The highest BCUT2D eigenvalue weighted by molar-refractivity contribution is 6.02. The van der Waals surface area contributed by atoms with Crippen molar-refractivity contribution in [3.63, 3.8) is 0 Å². The molecule has 1 saturated heterocycles. The normalized spacial score (nSPS) is 15.7. The summed E-state index contributed by atoms with van der Waals surface area (Å²) in [5.74, 6) is -0.320. The van der Waals surface area contributed by atoms with Crippen molar-refractivity contribution in [2.45, 2.75) is 25.4 Å². The zero-order chi connectivity index (χ0) is 20.9. The average Bonchev–Trinajstić information content (AvgIpc) is 3.54. The van der Waals surface area contributed by atoms with E-state index in [2.05, 4.69) is 10.6 Å². The summed E-state index contributed by atoms with van der Waals surface area (Å²) in [7, 11) is 0. The Hall–Kier alpha value is -3.81. The van der Waals surface area contributed by atoms with Crippen LogP contribution in [0.3, 0.4) is 0 Å². The summed E-state index contributed by atoms with van der Waals surface area (Å²) < 4.78 is 10.2. The predicted octanol–water partition coefficient (Wildman–Crippen LogP) is 3.05. The Balaban J connectivity index is 1.31. The zero-order valence-electron chi connectivity index (χ0n) is 16.2. The Labute approximate surface area is 172 Å². The van der Waals surface area contributed by atoms with Gasteiger partial charge in [0.25, 0.3) is 11.8 Å². The quantitative estimate of drug-likeness (QED) is 0.653. The Morgan fingerprint density at radius 3 is 2.33 bits per heavy atom. The summed E-state index contributed by atoms with van der Waals surface area (Å²) in [5.41, 5.74) is 1.50. The second-order valence-electron chi connectivity index (χ2n) is 6.98. The molecule has 1 aliphatic heterocycles. The van der Waals surface area contributed by atoms with Gasteiger partial charge in [0.1, 0.15) is 6.04 Å². The maximum atomic E-state index is 12.6. The molecule has 154 valence electrons. The van der Waals surface area contributed by atoms with Gasteiger partial charge in [0, 0.05) is 18.8 Å². The lowest BCUT2D eigenvalue weighted by Gasteiger charge is -2.23. The van der Waals surface area contributed by atoms with Crippen molar-refractivity contribution >= 4 is 23.4 Å². The van der Waals surface area contributed by atoms with Crippen LogP contribution in [0.5, 0.6) is 0 Å². The summed E-state index contributed by atoms with van der Waals surface area (Å²) in [5, 5.41) is 5.63. The van der Waals surface area contributed by atoms with Crippen molar-refractivity contribution in [2.24, 2.45) is 0 Å². The molecule has 2 aromatic heterocycles. The largest absolute Gasteiger partial charge is 0.459 e. The van der Waals surface area contributed by atoms with Crippen molar-refractivity contribution in [1.29, 1.82) is 0 Å².